The highest BCUT2D eigenvalue weighted by Gasteiger charge is 2.16. The number of aliphatic hydroxyl groups excluding tert-OH is 1. The van der Waals surface area contributed by atoms with Gasteiger partial charge in [-0.3, -0.25) is 4.90 Å². The summed E-state index contributed by atoms with van der Waals surface area (Å²) >= 11 is 0. The van der Waals surface area contributed by atoms with Crippen LogP contribution in [0, 0.1) is 0 Å². The van der Waals surface area contributed by atoms with E-state index in [1.165, 1.54) is 11.1 Å². The fourth-order valence-electron chi connectivity index (χ4n) is 4.20. The Labute approximate surface area is 226 Å². The zero-order chi connectivity index (χ0) is 25.0. The van der Waals surface area contributed by atoms with Crippen LogP contribution >= 0.6 is 12.4 Å². The van der Waals surface area contributed by atoms with Crippen LogP contribution in [0.1, 0.15) is 35.3 Å². The first-order valence-electron chi connectivity index (χ1n) is 12.5. The van der Waals surface area contributed by atoms with E-state index in [2.05, 4.69) is 65.6 Å². The molecule has 0 heterocycles. The molecule has 0 unspecified atom stereocenters. The maximum Gasteiger partial charge on any atom is 0.120 e. The van der Waals surface area contributed by atoms with Crippen molar-refractivity contribution in [3.8, 4) is 5.75 Å². The standard InChI is InChI=1S/C32H35NO3.ClH/c1-26(24-35-25-29-16-9-4-10-17-29)36-31-19-11-18-30(20-31)32(34)23-33(21-27-12-5-2-6-13-27)22-28-14-7-3-8-15-28;/h2-20,26,32,34H,21-25H2,1H3;1H/t26-,32-;/m1./s1. The van der Waals surface area contributed by atoms with Gasteiger partial charge >= 0.3 is 0 Å². The molecule has 4 aromatic rings. The Bertz CT molecular complexity index is 1120. The van der Waals surface area contributed by atoms with E-state index in [0.717, 1.165) is 30.0 Å². The summed E-state index contributed by atoms with van der Waals surface area (Å²) in [7, 11) is 0. The van der Waals surface area contributed by atoms with E-state index in [4.69, 9.17) is 9.47 Å². The Kier molecular flexibility index (Phi) is 11.7. The number of halogens is 1. The van der Waals surface area contributed by atoms with Crippen LogP contribution in [0.15, 0.2) is 115 Å². The average Bonchev–Trinajstić information content (AvgIpc) is 2.90. The van der Waals surface area contributed by atoms with Gasteiger partial charge in [0, 0.05) is 19.6 Å². The van der Waals surface area contributed by atoms with Gasteiger partial charge in [-0.05, 0) is 41.3 Å². The predicted molar refractivity (Wildman–Crippen MR) is 152 cm³/mol. The molecule has 0 bridgehead atoms. The lowest BCUT2D eigenvalue weighted by molar-refractivity contribution is 0.0490. The Balaban J connectivity index is 0.00000380. The molecule has 0 aliphatic rings. The molecule has 37 heavy (non-hydrogen) atoms. The van der Waals surface area contributed by atoms with Gasteiger partial charge in [-0.25, -0.2) is 0 Å². The lowest BCUT2D eigenvalue weighted by Gasteiger charge is -2.26. The molecule has 0 aliphatic heterocycles. The van der Waals surface area contributed by atoms with E-state index in [-0.39, 0.29) is 18.5 Å². The molecule has 2 atom stereocenters. The van der Waals surface area contributed by atoms with Gasteiger partial charge in [0.15, 0.2) is 0 Å². The van der Waals surface area contributed by atoms with Crippen molar-refractivity contribution in [3.05, 3.63) is 138 Å². The third-order valence-electron chi connectivity index (χ3n) is 5.97. The zero-order valence-corrected chi connectivity index (χ0v) is 22.1. The number of nitrogens with zero attached hydrogens (tertiary/aromatic N) is 1. The lowest BCUT2D eigenvalue weighted by atomic mass is 10.1. The molecule has 0 aromatic heterocycles. The maximum atomic E-state index is 11.2. The minimum absolute atomic E-state index is 0. The molecule has 0 saturated carbocycles. The fraction of sp³-hybridized carbons (Fsp3) is 0.250. The molecule has 4 nitrogen and oxygen atoms in total. The second-order valence-corrected chi connectivity index (χ2v) is 9.16. The average molecular weight is 518 g/mol. The van der Waals surface area contributed by atoms with Crippen molar-refractivity contribution in [1.29, 1.82) is 0 Å². The highest BCUT2D eigenvalue weighted by atomic mass is 35.5. The van der Waals surface area contributed by atoms with E-state index < -0.39 is 6.10 Å². The van der Waals surface area contributed by atoms with E-state index in [0.29, 0.717) is 19.8 Å². The van der Waals surface area contributed by atoms with Crippen molar-refractivity contribution in [2.24, 2.45) is 0 Å². The van der Waals surface area contributed by atoms with E-state index in [1.54, 1.807) is 0 Å². The summed E-state index contributed by atoms with van der Waals surface area (Å²) in [6, 6.07) is 38.6. The van der Waals surface area contributed by atoms with Gasteiger partial charge in [-0.15, -0.1) is 12.4 Å². The Morgan fingerprint density at radius 3 is 1.81 bits per heavy atom. The number of benzene rings is 4. The van der Waals surface area contributed by atoms with E-state index in [9.17, 15) is 5.11 Å². The van der Waals surface area contributed by atoms with Crippen molar-refractivity contribution in [1.82, 2.24) is 4.90 Å². The molecule has 0 amide bonds. The highest BCUT2D eigenvalue weighted by Crippen LogP contribution is 2.23. The normalized spacial score (nSPS) is 12.5. The minimum Gasteiger partial charge on any atom is -0.488 e. The van der Waals surface area contributed by atoms with Crippen molar-refractivity contribution in [3.63, 3.8) is 0 Å². The summed E-state index contributed by atoms with van der Waals surface area (Å²) in [5.74, 6) is 0.736. The first kappa shape index (κ1) is 28.4. The first-order chi connectivity index (χ1) is 17.7. The molecular formula is C32H36ClNO3. The number of ether oxygens (including phenoxy) is 2. The Hall–Kier alpha value is -3.15. The van der Waals surface area contributed by atoms with Gasteiger partial charge in [0.2, 0.25) is 0 Å². The molecule has 1 N–H and O–H groups in total. The van der Waals surface area contributed by atoms with Crippen LogP contribution in [0.3, 0.4) is 0 Å². The smallest absolute Gasteiger partial charge is 0.120 e. The maximum absolute atomic E-state index is 11.2. The fourth-order valence-corrected chi connectivity index (χ4v) is 4.20. The van der Waals surface area contributed by atoms with Gasteiger partial charge in [0.25, 0.3) is 0 Å². The number of rotatable bonds is 13. The first-order valence-corrected chi connectivity index (χ1v) is 12.5. The predicted octanol–water partition coefficient (Wildman–Crippen LogP) is 6.83. The second-order valence-electron chi connectivity index (χ2n) is 9.16. The van der Waals surface area contributed by atoms with Crippen LogP contribution in [0.2, 0.25) is 0 Å². The zero-order valence-electron chi connectivity index (χ0n) is 21.3. The summed E-state index contributed by atoms with van der Waals surface area (Å²) in [5, 5.41) is 11.2. The summed E-state index contributed by atoms with van der Waals surface area (Å²) in [6.45, 7) is 5.09. The molecule has 5 heteroatoms. The molecule has 4 rings (SSSR count). The second kappa shape index (κ2) is 15.2. The summed E-state index contributed by atoms with van der Waals surface area (Å²) in [6.07, 6.45) is -0.737. The van der Waals surface area contributed by atoms with Crippen molar-refractivity contribution < 1.29 is 14.6 Å². The van der Waals surface area contributed by atoms with Crippen LogP contribution in [0.5, 0.6) is 5.75 Å². The molecule has 0 radical (unpaired) electrons. The minimum atomic E-state index is -0.634. The molecule has 4 aromatic carbocycles. The van der Waals surface area contributed by atoms with Crippen molar-refractivity contribution in [2.75, 3.05) is 13.2 Å². The number of hydrogen-bond donors (Lipinski definition) is 1. The monoisotopic (exact) mass is 517 g/mol. The van der Waals surface area contributed by atoms with Gasteiger partial charge in [-0.2, -0.15) is 0 Å². The van der Waals surface area contributed by atoms with Crippen LogP contribution in [0.25, 0.3) is 0 Å². The molecule has 0 saturated heterocycles. The number of aliphatic hydroxyl groups is 1. The SMILES string of the molecule is C[C@H](COCc1ccccc1)Oc1cccc([C@H](O)CN(Cc2ccccc2)Cc2ccccc2)c1.Cl. The third kappa shape index (κ3) is 9.67. The Morgan fingerprint density at radius 1 is 0.703 bits per heavy atom. The van der Waals surface area contributed by atoms with Gasteiger partial charge in [-0.1, -0.05) is 103 Å². The van der Waals surface area contributed by atoms with Gasteiger partial charge in [0.1, 0.15) is 11.9 Å². The Morgan fingerprint density at radius 2 is 1.24 bits per heavy atom. The number of hydrogen-bond acceptors (Lipinski definition) is 4. The van der Waals surface area contributed by atoms with Crippen LogP contribution in [0.4, 0.5) is 0 Å². The van der Waals surface area contributed by atoms with Crippen LogP contribution in [-0.2, 0) is 24.4 Å². The summed E-state index contributed by atoms with van der Waals surface area (Å²) in [5.41, 5.74) is 4.44. The van der Waals surface area contributed by atoms with E-state index >= 15 is 0 Å². The van der Waals surface area contributed by atoms with Crippen molar-refractivity contribution >= 4 is 12.4 Å². The molecule has 0 spiro atoms. The highest BCUT2D eigenvalue weighted by molar-refractivity contribution is 5.85. The van der Waals surface area contributed by atoms with Crippen molar-refractivity contribution in [2.45, 2.75) is 38.8 Å². The molecule has 194 valence electrons. The summed E-state index contributed by atoms with van der Waals surface area (Å²) < 4.78 is 11.9. The largest absolute Gasteiger partial charge is 0.488 e. The molecular weight excluding hydrogens is 482 g/mol. The quantitative estimate of drug-likeness (QED) is 0.211. The molecule has 0 aliphatic carbocycles. The van der Waals surface area contributed by atoms with E-state index in [1.807, 2.05) is 61.5 Å². The van der Waals surface area contributed by atoms with Crippen LogP contribution < -0.4 is 4.74 Å². The third-order valence-corrected chi connectivity index (χ3v) is 5.97. The molecule has 0 fully saturated rings. The van der Waals surface area contributed by atoms with Gasteiger partial charge < -0.3 is 14.6 Å². The lowest BCUT2D eigenvalue weighted by Crippen LogP contribution is -2.28. The van der Waals surface area contributed by atoms with Gasteiger partial charge in [0.05, 0.1) is 19.3 Å². The topological polar surface area (TPSA) is 41.9 Å². The summed E-state index contributed by atoms with van der Waals surface area (Å²) in [4.78, 5) is 2.28. The van der Waals surface area contributed by atoms with Crippen LogP contribution in [-0.4, -0.2) is 29.3 Å².